The zero-order chi connectivity index (χ0) is 12.3. The summed E-state index contributed by atoms with van der Waals surface area (Å²) < 4.78 is 15.4. The molecule has 1 rings (SSSR count). The van der Waals surface area contributed by atoms with Gasteiger partial charge in [0.2, 0.25) is 0 Å². The molecule has 0 saturated heterocycles. The maximum Gasteiger partial charge on any atom is 0.119 e. The van der Waals surface area contributed by atoms with E-state index in [2.05, 4.69) is 5.48 Å². The van der Waals surface area contributed by atoms with E-state index in [4.69, 9.17) is 19.0 Å². The van der Waals surface area contributed by atoms with Crippen molar-refractivity contribution in [1.29, 1.82) is 0 Å². The number of hydroxylamine groups is 1. The highest BCUT2D eigenvalue weighted by molar-refractivity contribution is 5.31. The van der Waals surface area contributed by atoms with Crippen molar-refractivity contribution in [2.24, 2.45) is 0 Å². The van der Waals surface area contributed by atoms with Crippen LogP contribution in [0.3, 0.4) is 0 Å². The lowest BCUT2D eigenvalue weighted by molar-refractivity contribution is 0.00257. The van der Waals surface area contributed by atoms with E-state index >= 15 is 0 Å². The number of benzene rings is 1. The van der Waals surface area contributed by atoms with Crippen molar-refractivity contribution in [3.05, 3.63) is 24.3 Å². The smallest absolute Gasteiger partial charge is 0.119 e. The molecule has 0 aliphatic rings. The van der Waals surface area contributed by atoms with E-state index in [1.807, 2.05) is 24.3 Å². The lowest BCUT2D eigenvalue weighted by Crippen LogP contribution is -2.23. The highest BCUT2D eigenvalue weighted by Gasteiger charge is 1.94. The van der Waals surface area contributed by atoms with Gasteiger partial charge in [0.1, 0.15) is 18.1 Å². The molecule has 0 aliphatic heterocycles. The molecule has 0 amide bonds. The van der Waals surface area contributed by atoms with Crippen LogP contribution >= 0.6 is 0 Å². The summed E-state index contributed by atoms with van der Waals surface area (Å²) in [6.45, 7) is 2.26. The first-order chi connectivity index (χ1) is 8.36. The summed E-state index contributed by atoms with van der Waals surface area (Å²) in [5, 5.41) is 0. The number of nitrogens with one attached hydrogen (secondary N) is 1. The maximum atomic E-state index is 5.48. The van der Waals surface area contributed by atoms with E-state index in [0.717, 1.165) is 11.5 Å². The van der Waals surface area contributed by atoms with Gasteiger partial charge in [-0.15, -0.1) is 0 Å². The molecule has 0 spiro atoms. The lowest BCUT2D eigenvalue weighted by atomic mass is 10.3. The Morgan fingerprint density at radius 3 is 2.29 bits per heavy atom. The normalized spacial score (nSPS) is 10.2. The second-order valence-electron chi connectivity index (χ2n) is 3.26. The molecule has 1 N–H and O–H groups in total. The molecule has 5 nitrogen and oxygen atoms in total. The van der Waals surface area contributed by atoms with Crippen LogP contribution in [0.5, 0.6) is 11.5 Å². The Bertz CT molecular complexity index is 289. The van der Waals surface area contributed by atoms with Gasteiger partial charge >= 0.3 is 0 Å². The second-order valence-corrected chi connectivity index (χ2v) is 3.26. The van der Waals surface area contributed by atoms with E-state index < -0.39 is 0 Å². The molecule has 1 aromatic carbocycles. The number of hydrogen-bond acceptors (Lipinski definition) is 5. The third-order valence-corrected chi connectivity index (χ3v) is 2.02. The first-order valence-corrected chi connectivity index (χ1v) is 5.47. The minimum absolute atomic E-state index is 0.527. The van der Waals surface area contributed by atoms with Crippen molar-refractivity contribution >= 4 is 0 Å². The Balaban J connectivity index is 2.05. The van der Waals surface area contributed by atoms with Crippen molar-refractivity contribution in [1.82, 2.24) is 5.48 Å². The van der Waals surface area contributed by atoms with E-state index in [-0.39, 0.29) is 0 Å². The van der Waals surface area contributed by atoms with Crippen molar-refractivity contribution in [3.8, 4) is 11.5 Å². The fourth-order valence-corrected chi connectivity index (χ4v) is 1.15. The van der Waals surface area contributed by atoms with Gasteiger partial charge in [-0.2, -0.15) is 5.48 Å². The monoisotopic (exact) mass is 241 g/mol. The van der Waals surface area contributed by atoms with Gasteiger partial charge < -0.3 is 14.2 Å². The van der Waals surface area contributed by atoms with Crippen LogP contribution in [-0.4, -0.2) is 40.6 Å². The highest BCUT2D eigenvalue weighted by atomic mass is 16.7. The predicted molar refractivity (Wildman–Crippen MR) is 64.3 cm³/mol. The number of methoxy groups -OCH3 is 2. The lowest BCUT2D eigenvalue weighted by Gasteiger charge is -2.08. The first kappa shape index (κ1) is 13.8. The van der Waals surface area contributed by atoms with Crippen LogP contribution in [0.15, 0.2) is 24.3 Å². The summed E-state index contributed by atoms with van der Waals surface area (Å²) in [6, 6.07) is 7.45. The molecule has 0 atom stereocenters. The van der Waals surface area contributed by atoms with Gasteiger partial charge in [0.15, 0.2) is 0 Å². The maximum absolute atomic E-state index is 5.48. The van der Waals surface area contributed by atoms with Crippen molar-refractivity contribution < 1.29 is 19.0 Å². The van der Waals surface area contributed by atoms with Gasteiger partial charge in [0, 0.05) is 7.11 Å². The molecule has 0 heterocycles. The van der Waals surface area contributed by atoms with E-state index in [0.29, 0.717) is 26.4 Å². The quantitative estimate of drug-likeness (QED) is 0.520. The molecule has 0 aromatic heterocycles. The predicted octanol–water partition coefficient (Wildman–Crippen LogP) is 1.24. The molecule has 0 unspecified atom stereocenters. The summed E-state index contributed by atoms with van der Waals surface area (Å²) in [4.78, 5) is 5.07. The fourth-order valence-electron chi connectivity index (χ4n) is 1.15. The molecule has 0 fully saturated rings. The molecule has 0 aliphatic carbocycles. The van der Waals surface area contributed by atoms with Gasteiger partial charge in [-0.25, -0.2) is 0 Å². The molecule has 0 radical (unpaired) electrons. The van der Waals surface area contributed by atoms with Crippen LogP contribution in [0.2, 0.25) is 0 Å². The molecule has 0 saturated carbocycles. The third-order valence-electron chi connectivity index (χ3n) is 2.02. The molecular weight excluding hydrogens is 222 g/mol. The molecule has 17 heavy (non-hydrogen) atoms. The van der Waals surface area contributed by atoms with Gasteiger partial charge in [-0.1, -0.05) is 0 Å². The van der Waals surface area contributed by atoms with Crippen LogP contribution < -0.4 is 15.0 Å². The molecule has 5 heteroatoms. The minimum atomic E-state index is 0.527. The fraction of sp³-hybridized carbons (Fsp3) is 0.500. The van der Waals surface area contributed by atoms with Crippen molar-refractivity contribution in [2.45, 2.75) is 0 Å². The third kappa shape index (κ3) is 6.11. The highest BCUT2D eigenvalue weighted by Crippen LogP contribution is 2.16. The molecular formula is C12H19NO4. The zero-order valence-electron chi connectivity index (χ0n) is 10.3. The van der Waals surface area contributed by atoms with Crippen molar-refractivity contribution in [2.75, 3.05) is 40.6 Å². The van der Waals surface area contributed by atoms with Gasteiger partial charge in [0.05, 0.1) is 26.9 Å². The van der Waals surface area contributed by atoms with E-state index in [1.54, 1.807) is 14.2 Å². The second kappa shape index (κ2) is 8.81. The van der Waals surface area contributed by atoms with Crippen molar-refractivity contribution in [3.63, 3.8) is 0 Å². The largest absolute Gasteiger partial charge is 0.497 e. The molecule has 1 aromatic rings. The van der Waals surface area contributed by atoms with E-state index in [9.17, 15) is 0 Å². The average Bonchev–Trinajstić information content (AvgIpc) is 2.38. The Hall–Kier alpha value is -1.30. The first-order valence-electron chi connectivity index (χ1n) is 5.47. The van der Waals surface area contributed by atoms with Gasteiger partial charge in [-0.05, 0) is 24.3 Å². The van der Waals surface area contributed by atoms with Crippen LogP contribution in [-0.2, 0) is 9.57 Å². The molecule has 96 valence electrons. The number of ether oxygens (including phenoxy) is 3. The van der Waals surface area contributed by atoms with Crippen LogP contribution in [0.1, 0.15) is 0 Å². The Morgan fingerprint density at radius 2 is 1.65 bits per heavy atom. The summed E-state index contributed by atoms with van der Waals surface area (Å²) in [5.41, 5.74) is 2.78. The van der Waals surface area contributed by atoms with Crippen LogP contribution in [0, 0.1) is 0 Å². The Kier molecular flexibility index (Phi) is 7.13. The average molecular weight is 241 g/mol. The Labute approximate surface area is 102 Å². The van der Waals surface area contributed by atoms with Gasteiger partial charge in [-0.3, -0.25) is 4.84 Å². The van der Waals surface area contributed by atoms with E-state index in [1.165, 1.54) is 0 Å². The number of rotatable bonds is 9. The summed E-state index contributed by atoms with van der Waals surface area (Å²) >= 11 is 0. The SMILES string of the molecule is COCCONCCOc1ccc(OC)cc1. The summed E-state index contributed by atoms with van der Waals surface area (Å²) in [6.07, 6.45) is 0. The Morgan fingerprint density at radius 1 is 0.941 bits per heavy atom. The number of hydrogen-bond donors (Lipinski definition) is 1. The van der Waals surface area contributed by atoms with Crippen LogP contribution in [0.25, 0.3) is 0 Å². The minimum Gasteiger partial charge on any atom is -0.497 e. The van der Waals surface area contributed by atoms with Crippen LogP contribution in [0.4, 0.5) is 0 Å². The molecule has 0 bridgehead atoms. The zero-order valence-corrected chi connectivity index (χ0v) is 10.3. The standard InChI is InChI=1S/C12H19NO4/c1-14-9-10-17-13-7-8-16-12-5-3-11(15-2)4-6-12/h3-6,13H,7-10H2,1-2H3. The van der Waals surface area contributed by atoms with Gasteiger partial charge in [0.25, 0.3) is 0 Å². The summed E-state index contributed by atoms with van der Waals surface area (Å²) in [7, 11) is 3.27. The topological polar surface area (TPSA) is 49.0 Å². The summed E-state index contributed by atoms with van der Waals surface area (Å²) in [5.74, 6) is 1.63.